The number of hydrogen-bond donors (Lipinski definition) is 3. The molecule has 3 aliphatic rings. The van der Waals surface area contributed by atoms with Crippen molar-refractivity contribution in [2.24, 2.45) is 0 Å². The molecule has 0 spiro atoms. The average Bonchev–Trinajstić information content (AvgIpc) is 3.16. The molecule has 2 fully saturated rings. The van der Waals surface area contributed by atoms with Gasteiger partial charge in [0.15, 0.2) is 0 Å². The zero-order valence-corrected chi connectivity index (χ0v) is 22.3. The van der Waals surface area contributed by atoms with E-state index in [2.05, 4.69) is 16.0 Å². The summed E-state index contributed by atoms with van der Waals surface area (Å²) in [6.45, 7) is 7.62. The first kappa shape index (κ1) is 27.4. The van der Waals surface area contributed by atoms with Gasteiger partial charge in [-0.15, -0.1) is 0 Å². The highest BCUT2D eigenvalue weighted by Gasteiger charge is 2.39. The Balaban J connectivity index is 1.17. The quantitative estimate of drug-likeness (QED) is 0.365. The van der Waals surface area contributed by atoms with Crippen LogP contribution in [0.1, 0.15) is 75.2 Å². The number of nitrogens with one attached hydrogen (secondary N) is 3. The number of anilines is 1. The normalized spacial score (nSPS) is 20.2. The molecule has 2 saturated heterocycles. The molecule has 11 heteroatoms. The molecule has 38 heavy (non-hydrogen) atoms. The summed E-state index contributed by atoms with van der Waals surface area (Å²) in [5.41, 5.74) is 1.72. The molecule has 5 amide bonds. The van der Waals surface area contributed by atoms with Crippen LogP contribution in [0.5, 0.6) is 0 Å². The Labute approximate surface area is 222 Å². The maximum atomic E-state index is 12.8. The van der Waals surface area contributed by atoms with Crippen molar-refractivity contribution in [2.75, 3.05) is 25.0 Å². The molecule has 3 aliphatic heterocycles. The average molecular weight is 528 g/mol. The molecule has 0 radical (unpaired) electrons. The molecule has 1 aromatic carbocycles. The summed E-state index contributed by atoms with van der Waals surface area (Å²) in [5, 5.41) is 8.51. The molecule has 1 aromatic rings. The van der Waals surface area contributed by atoms with Crippen molar-refractivity contribution in [3.63, 3.8) is 0 Å². The van der Waals surface area contributed by atoms with Gasteiger partial charge in [0.25, 0.3) is 5.91 Å². The number of amides is 5. The van der Waals surface area contributed by atoms with Crippen LogP contribution in [-0.2, 0) is 25.7 Å². The van der Waals surface area contributed by atoms with E-state index in [9.17, 15) is 24.0 Å². The lowest BCUT2D eigenvalue weighted by Gasteiger charge is -2.33. The van der Waals surface area contributed by atoms with Crippen LogP contribution in [0.4, 0.5) is 10.5 Å². The third-order valence-electron chi connectivity index (χ3n) is 6.99. The van der Waals surface area contributed by atoms with Crippen molar-refractivity contribution >= 4 is 35.4 Å². The number of imide groups is 1. The summed E-state index contributed by atoms with van der Waals surface area (Å²) in [6.07, 6.45) is 2.62. The molecule has 1 atom stereocenters. The highest BCUT2D eigenvalue weighted by molar-refractivity contribution is 6.05. The third-order valence-corrected chi connectivity index (χ3v) is 6.99. The Hall–Kier alpha value is -3.63. The van der Waals surface area contributed by atoms with Crippen molar-refractivity contribution in [1.29, 1.82) is 0 Å². The molecule has 3 heterocycles. The van der Waals surface area contributed by atoms with Crippen LogP contribution in [0.3, 0.4) is 0 Å². The second-order valence-corrected chi connectivity index (χ2v) is 11.1. The molecule has 0 bridgehead atoms. The van der Waals surface area contributed by atoms with Gasteiger partial charge in [0, 0.05) is 56.3 Å². The smallest absolute Gasteiger partial charge is 0.407 e. The molecular formula is C27H37N5O6. The zero-order chi connectivity index (χ0) is 27.4. The minimum Gasteiger partial charge on any atom is -0.444 e. The molecule has 4 rings (SSSR count). The van der Waals surface area contributed by atoms with Gasteiger partial charge in [0.1, 0.15) is 11.6 Å². The number of nitrogens with zero attached hydrogens (tertiary/aromatic N) is 2. The molecule has 0 saturated carbocycles. The fourth-order valence-electron chi connectivity index (χ4n) is 5.06. The van der Waals surface area contributed by atoms with Gasteiger partial charge in [-0.25, -0.2) is 4.79 Å². The van der Waals surface area contributed by atoms with E-state index in [1.54, 1.807) is 6.07 Å². The summed E-state index contributed by atoms with van der Waals surface area (Å²) in [4.78, 5) is 64.4. The minimum absolute atomic E-state index is 0.00756. The summed E-state index contributed by atoms with van der Waals surface area (Å²) >= 11 is 0. The van der Waals surface area contributed by atoms with E-state index in [0.29, 0.717) is 63.8 Å². The highest BCUT2D eigenvalue weighted by Crippen LogP contribution is 2.29. The van der Waals surface area contributed by atoms with E-state index in [1.165, 1.54) is 4.90 Å². The van der Waals surface area contributed by atoms with Crippen molar-refractivity contribution in [3.8, 4) is 0 Å². The largest absolute Gasteiger partial charge is 0.444 e. The van der Waals surface area contributed by atoms with E-state index >= 15 is 0 Å². The molecule has 1 unspecified atom stereocenters. The second-order valence-electron chi connectivity index (χ2n) is 11.1. The number of carbonyl (C=O) groups is 5. The Kier molecular flexibility index (Phi) is 8.23. The maximum Gasteiger partial charge on any atom is 0.407 e. The topological polar surface area (TPSA) is 137 Å². The van der Waals surface area contributed by atoms with Crippen LogP contribution < -0.4 is 16.0 Å². The Morgan fingerprint density at radius 1 is 1.11 bits per heavy atom. The number of likely N-dealkylation sites (tertiary alicyclic amines) is 1. The molecule has 3 N–H and O–H groups in total. The van der Waals surface area contributed by atoms with Gasteiger partial charge < -0.3 is 25.2 Å². The molecular weight excluding hydrogens is 490 g/mol. The van der Waals surface area contributed by atoms with Gasteiger partial charge >= 0.3 is 6.09 Å². The lowest BCUT2D eigenvalue weighted by molar-refractivity contribution is -0.137. The van der Waals surface area contributed by atoms with Crippen LogP contribution in [0.2, 0.25) is 0 Å². The summed E-state index contributed by atoms with van der Waals surface area (Å²) in [5.74, 6) is -0.826. The van der Waals surface area contributed by atoms with E-state index < -0.39 is 23.6 Å². The van der Waals surface area contributed by atoms with Crippen LogP contribution in [-0.4, -0.2) is 76.8 Å². The highest BCUT2D eigenvalue weighted by atomic mass is 16.6. The van der Waals surface area contributed by atoms with Crippen LogP contribution in [0, 0.1) is 0 Å². The lowest BCUT2D eigenvalue weighted by Crippen LogP contribution is -2.52. The number of ether oxygens (including phenoxy) is 1. The zero-order valence-electron chi connectivity index (χ0n) is 22.3. The predicted molar refractivity (Wildman–Crippen MR) is 139 cm³/mol. The summed E-state index contributed by atoms with van der Waals surface area (Å²) in [7, 11) is 0. The Morgan fingerprint density at radius 3 is 2.53 bits per heavy atom. The maximum absolute atomic E-state index is 12.8. The van der Waals surface area contributed by atoms with Crippen molar-refractivity contribution in [2.45, 2.75) is 83.5 Å². The summed E-state index contributed by atoms with van der Waals surface area (Å²) in [6, 6.07) is 4.87. The number of carbonyl (C=O) groups excluding carboxylic acids is 5. The van der Waals surface area contributed by atoms with Gasteiger partial charge in [-0.05, 0) is 70.2 Å². The number of fused-ring (bicyclic) bond motifs is 1. The predicted octanol–water partition coefficient (Wildman–Crippen LogP) is 2.16. The van der Waals surface area contributed by atoms with Crippen molar-refractivity contribution < 1.29 is 28.7 Å². The van der Waals surface area contributed by atoms with E-state index in [0.717, 1.165) is 11.3 Å². The Bertz CT molecular complexity index is 1110. The number of benzene rings is 1. The van der Waals surface area contributed by atoms with Crippen LogP contribution in [0.15, 0.2) is 18.2 Å². The van der Waals surface area contributed by atoms with Gasteiger partial charge in [0.2, 0.25) is 17.7 Å². The van der Waals surface area contributed by atoms with Crippen LogP contribution in [0.25, 0.3) is 0 Å². The SMILES string of the molecule is CC(C)(C)OC(=O)NC1CCN(C(=O)CCCNc2ccc3c(c2)CN(C2CCC(=O)NC2=O)C3=O)CC1. The number of piperidine rings is 2. The third kappa shape index (κ3) is 6.81. The number of alkyl carbamates (subject to hydrolysis) is 1. The Morgan fingerprint density at radius 2 is 1.84 bits per heavy atom. The molecule has 206 valence electrons. The fourth-order valence-corrected chi connectivity index (χ4v) is 5.06. The summed E-state index contributed by atoms with van der Waals surface area (Å²) < 4.78 is 5.30. The van der Waals surface area contributed by atoms with Gasteiger partial charge in [-0.3, -0.25) is 24.5 Å². The lowest BCUT2D eigenvalue weighted by atomic mass is 10.0. The van der Waals surface area contributed by atoms with Crippen LogP contribution >= 0.6 is 0 Å². The van der Waals surface area contributed by atoms with E-state index in [1.807, 2.05) is 37.8 Å². The number of rotatable bonds is 7. The first-order valence-electron chi connectivity index (χ1n) is 13.3. The van der Waals surface area contributed by atoms with E-state index in [-0.39, 0.29) is 30.2 Å². The molecule has 0 aliphatic carbocycles. The second kappa shape index (κ2) is 11.4. The molecule has 11 nitrogen and oxygen atoms in total. The monoisotopic (exact) mass is 527 g/mol. The van der Waals surface area contributed by atoms with Crippen molar-refractivity contribution in [1.82, 2.24) is 20.4 Å². The van der Waals surface area contributed by atoms with E-state index in [4.69, 9.17) is 4.74 Å². The van der Waals surface area contributed by atoms with Gasteiger partial charge in [-0.1, -0.05) is 0 Å². The minimum atomic E-state index is -0.631. The van der Waals surface area contributed by atoms with Gasteiger partial charge in [0.05, 0.1) is 0 Å². The standard InChI is InChI=1S/C27H37N5O6/c1-27(2,3)38-26(37)29-18-10-13-31(14-11-18)23(34)5-4-12-28-19-6-7-20-17(15-19)16-32(25(20)36)21-8-9-22(33)30-24(21)35/h6-7,15,18,21,28H,4-5,8-14,16H2,1-3H3,(H,29,37)(H,30,33,35). The first-order chi connectivity index (χ1) is 18.0. The molecule has 0 aromatic heterocycles. The fraction of sp³-hybridized carbons (Fsp3) is 0.593. The first-order valence-corrected chi connectivity index (χ1v) is 13.3. The number of hydrogen-bond acceptors (Lipinski definition) is 7. The van der Waals surface area contributed by atoms with Crippen molar-refractivity contribution in [3.05, 3.63) is 29.3 Å². The van der Waals surface area contributed by atoms with Gasteiger partial charge in [-0.2, -0.15) is 0 Å².